The second-order valence-corrected chi connectivity index (χ2v) is 9.55. The van der Waals surface area contributed by atoms with Gasteiger partial charge in [0.15, 0.2) is 5.16 Å². The SMILES string of the molecule is CCn1c(SC(C)c2nnc(-c3cccs3)o2)nc2sc(C)c(C)c2c1=O. The summed E-state index contributed by atoms with van der Waals surface area (Å²) in [6.45, 7) is 8.52. The predicted octanol–water partition coefficient (Wildman–Crippen LogP) is 5.06. The number of hydrogen-bond donors (Lipinski definition) is 0. The van der Waals surface area contributed by atoms with Crippen molar-refractivity contribution in [2.45, 2.75) is 44.6 Å². The van der Waals surface area contributed by atoms with Crippen molar-refractivity contribution in [2.24, 2.45) is 0 Å². The molecule has 0 spiro atoms. The number of rotatable bonds is 5. The molecule has 0 aromatic carbocycles. The van der Waals surface area contributed by atoms with Gasteiger partial charge >= 0.3 is 0 Å². The molecule has 0 amide bonds. The van der Waals surface area contributed by atoms with E-state index in [2.05, 4.69) is 10.2 Å². The minimum atomic E-state index is -0.115. The summed E-state index contributed by atoms with van der Waals surface area (Å²) >= 11 is 4.59. The van der Waals surface area contributed by atoms with Gasteiger partial charge in [0.2, 0.25) is 5.89 Å². The maximum absolute atomic E-state index is 13.0. The molecule has 1 unspecified atom stereocenters. The third kappa shape index (κ3) is 3.24. The number of aromatic nitrogens is 4. The highest BCUT2D eigenvalue weighted by Gasteiger charge is 2.21. The highest BCUT2D eigenvalue weighted by atomic mass is 32.2. The largest absolute Gasteiger partial charge is 0.419 e. The highest BCUT2D eigenvalue weighted by molar-refractivity contribution is 7.99. The lowest BCUT2D eigenvalue weighted by Crippen LogP contribution is -2.22. The lowest BCUT2D eigenvalue weighted by atomic mass is 10.2. The van der Waals surface area contributed by atoms with E-state index in [0.717, 1.165) is 25.5 Å². The zero-order valence-electron chi connectivity index (χ0n) is 15.3. The Kier molecular flexibility index (Phi) is 4.92. The van der Waals surface area contributed by atoms with Crippen molar-refractivity contribution in [3.8, 4) is 10.8 Å². The summed E-state index contributed by atoms with van der Waals surface area (Å²) < 4.78 is 7.55. The molecule has 9 heteroatoms. The lowest BCUT2D eigenvalue weighted by molar-refractivity contribution is 0.509. The Hall–Kier alpha value is -1.97. The van der Waals surface area contributed by atoms with Crippen molar-refractivity contribution >= 4 is 44.7 Å². The fourth-order valence-electron chi connectivity index (χ4n) is 2.78. The van der Waals surface area contributed by atoms with Crippen LogP contribution in [-0.2, 0) is 6.54 Å². The number of hydrogen-bond acceptors (Lipinski definition) is 8. The maximum atomic E-state index is 13.0. The molecule has 6 nitrogen and oxygen atoms in total. The molecule has 0 saturated carbocycles. The Labute approximate surface area is 168 Å². The molecule has 4 heterocycles. The topological polar surface area (TPSA) is 73.8 Å². The Morgan fingerprint density at radius 1 is 1.33 bits per heavy atom. The summed E-state index contributed by atoms with van der Waals surface area (Å²) in [5.74, 6) is 1.05. The number of thioether (sulfide) groups is 1. The second-order valence-electron chi connectivity index (χ2n) is 6.09. The molecule has 4 aromatic rings. The van der Waals surface area contributed by atoms with E-state index >= 15 is 0 Å². The second kappa shape index (κ2) is 7.21. The fourth-order valence-corrected chi connectivity index (χ4v) is 5.50. The summed E-state index contributed by atoms with van der Waals surface area (Å²) in [5.41, 5.74) is 1.04. The summed E-state index contributed by atoms with van der Waals surface area (Å²) in [6, 6.07) is 3.90. The van der Waals surface area contributed by atoms with Crippen LogP contribution in [0.2, 0.25) is 0 Å². The van der Waals surface area contributed by atoms with E-state index in [1.54, 1.807) is 27.2 Å². The lowest BCUT2D eigenvalue weighted by Gasteiger charge is -2.12. The van der Waals surface area contributed by atoms with E-state index in [9.17, 15) is 4.79 Å². The first-order valence-electron chi connectivity index (χ1n) is 8.54. The molecule has 0 N–H and O–H groups in total. The van der Waals surface area contributed by atoms with Gasteiger partial charge in [-0.2, -0.15) is 0 Å². The average Bonchev–Trinajstić information content (AvgIpc) is 3.36. The summed E-state index contributed by atoms with van der Waals surface area (Å²) in [7, 11) is 0. The van der Waals surface area contributed by atoms with E-state index in [0.29, 0.717) is 23.5 Å². The average molecular weight is 419 g/mol. The van der Waals surface area contributed by atoms with Crippen LogP contribution >= 0.6 is 34.4 Å². The van der Waals surface area contributed by atoms with Gasteiger partial charge in [0, 0.05) is 11.4 Å². The standard InChI is InChI=1S/C18H18N4O2S3/c1-5-22-17(23)13-9(2)10(3)26-16(13)19-18(22)27-11(4)14-20-21-15(24-14)12-7-6-8-25-12/h6-8,11H,5H2,1-4H3. The van der Waals surface area contributed by atoms with Gasteiger partial charge in [0.05, 0.1) is 15.5 Å². The molecule has 0 saturated heterocycles. The molecule has 4 rings (SSSR count). The molecular formula is C18H18N4O2S3. The van der Waals surface area contributed by atoms with Crippen LogP contribution in [0.25, 0.3) is 21.0 Å². The van der Waals surface area contributed by atoms with E-state index in [-0.39, 0.29) is 10.8 Å². The minimum Gasteiger partial charge on any atom is -0.419 e. The molecule has 27 heavy (non-hydrogen) atoms. The fraction of sp³-hybridized carbons (Fsp3) is 0.333. The molecular weight excluding hydrogens is 400 g/mol. The van der Waals surface area contributed by atoms with Gasteiger partial charge in [-0.1, -0.05) is 17.8 Å². The number of thiophene rings is 2. The van der Waals surface area contributed by atoms with Crippen LogP contribution in [0.3, 0.4) is 0 Å². The zero-order valence-corrected chi connectivity index (χ0v) is 17.8. The monoisotopic (exact) mass is 418 g/mol. The molecule has 0 bridgehead atoms. The van der Waals surface area contributed by atoms with E-state index in [1.165, 1.54) is 11.8 Å². The van der Waals surface area contributed by atoms with Gasteiger partial charge in [-0.3, -0.25) is 9.36 Å². The Bertz CT molecular complexity index is 1160. The van der Waals surface area contributed by atoms with Crippen LogP contribution in [0, 0.1) is 13.8 Å². The van der Waals surface area contributed by atoms with Crippen LogP contribution in [0.15, 0.2) is 31.9 Å². The van der Waals surface area contributed by atoms with Crippen molar-refractivity contribution in [1.29, 1.82) is 0 Å². The number of fused-ring (bicyclic) bond motifs is 1. The molecule has 0 fully saturated rings. The summed E-state index contributed by atoms with van der Waals surface area (Å²) in [6.07, 6.45) is 0. The third-order valence-electron chi connectivity index (χ3n) is 4.37. The summed E-state index contributed by atoms with van der Waals surface area (Å²) in [5, 5.41) is 11.6. The molecule has 0 aliphatic heterocycles. The molecule has 4 aromatic heterocycles. The van der Waals surface area contributed by atoms with Gasteiger partial charge in [0.1, 0.15) is 4.83 Å². The highest BCUT2D eigenvalue weighted by Crippen LogP contribution is 2.36. The van der Waals surface area contributed by atoms with Crippen LogP contribution in [-0.4, -0.2) is 19.7 Å². The third-order valence-corrected chi connectivity index (χ3v) is 7.41. The van der Waals surface area contributed by atoms with Gasteiger partial charge in [-0.05, 0) is 44.7 Å². The first-order valence-corrected chi connectivity index (χ1v) is 11.1. The normalized spacial score (nSPS) is 12.7. The van der Waals surface area contributed by atoms with Crippen molar-refractivity contribution in [3.63, 3.8) is 0 Å². The first kappa shape index (κ1) is 18.4. The Balaban J connectivity index is 1.69. The predicted molar refractivity (Wildman–Crippen MR) is 111 cm³/mol. The van der Waals surface area contributed by atoms with E-state index in [1.807, 2.05) is 45.2 Å². The number of nitrogens with zero attached hydrogens (tertiary/aromatic N) is 4. The maximum Gasteiger partial charge on any atom is 0.263 e. The number of aryl methyl sites for hydroxylation is 2. The smallest absolute Gasteiger partial charge is 0.263 e. The van der Waals surface area contributed by atoms with Crippen LogP contribution in [0.1, 0.15) is 35.4 Å². The van der Waals surface area contributed by atoms with E-state index in [4.69, 9.17) is 9.40 Å². The van der Waals surface area contributed by atoms with Gasteiger partial charge < -0.3 is 4.42 Å². The van der Waals surface area contributed by atoms with Crippen molar-refractivity contribution in [1.82, 2.24) is 19.7 Å². The van der Waals surface area contributed by atoms with E-state index < -0.39 is 0 Å². The van der Waals surface area contributed by atoms with Gasteiger partial charge in [-0.15, -0.1) is 32.9 Å². The van der Waals surface area contributed by atoms with Crippen LogP contribution < -0.4 is 5.56 Å². The van der Waals surface area contributed by atoms with Gasteiger partial charge in [0.25, 0.3) is 11.4 Å². The molecule has 0 aliphatic rings. The Morgan fingerprint density at radius 2 is 2.15 bits per heavy atom. The molecule has 0 radical (unpaired) electrons. The van der Waals surface area contributed by atoms with Gasteiger partial charge in [-0.25, -0.2) is 4.98 Å². The molecule has 1 atom stereocenters. The molecule has 140 valence electrons. The van der Waals surface area contributed by atoms with Crippen molar-refractivity contribution in [2.75, 3.05) is 0 Å². The zero-order chi connectivity index (χ0) is 19.1. The van der Waals surface area contributed by atoms with Crippen molar-refractivity contribution < 1.29 is 4.42 Å². The minimum absolute atomic E-state index is 0.0175. The first-order chi connectivity index (χ1) is 13.0. The van der Waals surface area contributed by atoms with Crippen molar-refractivity contribution in [3.05, 3.63) is 44.2 Å². The quantitative estimate of drug-likeness (QED) is 0.333. The Morgan fingerprint density at radius 3 is 2.85 bits per heavy atom. The van der Waals surface area contributed by atoms with Crippen LogP contribution in [0.4, 0.5) is 0 Å². The summed E-state index contributed by atoms with van der Waals surface area (Å²) in [4.78, 5) is 20.6. The van der Waals surface area contributed by atoms with Crippen LogP contribution in [0.5, 0.6) is 0 Å². The molecule has 0 aliphatic carbocycles.